The van der Waals surface area contributed by atoms with Gasteiger partial charge in [-0.2, -0.15) is 0 Å². The summed E-state index contributed by atoms with van der Waals surface area (Å²) in [4.78, 5) is 25.2. The molecule has 2 fully saturated rings. The fraction of sp³-hybridized carbons (Fsp3) is 0.619. The van der Waals surface area contributed by atoms with Crippen molar-refractivity contribution < 1.29 is 14.3 Å². The van der Waals surface area contributed by atoms with Gasteiger partial charge in [0, 0.05) is 12.6 Å². The van der Waals surface area contributed by atoms with E-state index in [1.807, 2.05) is 24.3 Å². The first kappa shape index (κ1) is 18.7. The van der Waals surface area contributed by atoms with Crippen LogP contribution in [0.3, 0.4) is 0 Å². The van der Waals surface area contributed by atoms with Gasteiger partial charge in [-0.3, -0.25) is 9.59 Å². The average Bonchev–Trinajstić information content (AvgIpc) is 3.48. The second-order valence-electron chi connectivity index (χ2n) is 7.60. The van der Waals surface area contributed by atoms with Crippen LogP contribution >= 0.6 is 0 Å². The summed E-state index contributed by atoms with van der Waals surface area (Å²) < 4.78 is 5.15. The molecule has 0 spiro atoms. The van der Waals surface area contributed by atoms with Gasteiger partial charge in [0.2, 0.25) is 11.8 Å². The van der Waals surface area contributed by atoms with Crippen LogP contribution in [0.1, 0.15) is 56.9 Å². The van der Waals surface area contributed by atoms with Crippen LogP contribution in [0.4, 0.5) is 0 Å². The van der Waals surface area contributed by atoms with Crippen LogP contribution < -0.4 is 15.4 Å². The van der Waals surface area contributed by atoms with E-state index in [9.17, 15) is 9.59 Å². The van der Waals surface area contributed by atoms with Gasteiger partial charge in [-0.05, 0) is 49.8 Å². The predicted octanol–water partition coefficient (Wildman–Crippen LogP) is 2.97. The number of nitrogens with one attached hydrogen (secondary N) is 2. The first-order valence-corrected chi connectivity index (χ1v) is 9.86. The Morgan fingerprint density at radius 1 is 1.04 bits per heavy atom. The van der Waals surface area contributed by atoms with E-state index in [0.29, 0.717) is 19.4 Å². The van der Waals surface area contributed by atoms with E-state index in [1.165, 1.54) is 25.7 Å². The Morgan fingerprint density at radius 2 is 1.69 bits per heavy atom. The van der Waals surface area contributed by atoms with Crippen molar-refractivity contribution in [2.45, 2.75) is 63.8 Å². The molecule has 0 unspecified atom stereocenters. The molecule has 2 amide bonds. The summed E-state index contributed by atoms with van der Waals surface area (Å²) >= 11 is 0. The molecule has 1 aromatic carbocycles. The summed E-state index contributed by atoms with van der Waals surface area (Å²) in [5.74, 6) is 0.647. The molecule has 0 saturated heterocycles. The lowest BCUT2D eigenvalue weighted by Gasteiger charge is -2.21. The van der Waals surface area contributed by atoms with Crippen LogP contribution in [0.2, 0.25) is 0 Å². The fourth-order valence-corrected chi connectivity index (χ4v) is 3.71. The Labute approximate surface area is 155 Å². The third kappa shape index (κ3) is 4.57. The minimum Gasteiger partial charge on any atom is -0.497 e. The van der Waals surface area contributed by atoms with Crippen LogP contribution in [0.25, 0.3) is 0 Å². The number of benzene rings is 1. The van der Waals surface area contributed by atoms with Crippen LogP contribution in [-0.2, 0) is 16.0 Å². The van der Waals surface area contributed by atoms with Crippen molar-refractivity contribution >= 4 is 11.8 Å². The van der Waals surface area contributed by atoms with Crippen LogP contribution in [-0.4, -0.2) is 31.5 Å². The van der Waals surface area contributed by atoms with Gasteiger partial charge in [-0.25, -0.2) is 0 Å². The molecule has 0 radical (unpaired) electrons. The van der Waals surface area contributed by atoms with E-state index in [4.69, 9.17) is 4.74 Å². The molecule has 2 aliphatic carbocycles. The van der Waals surface area contributed by atoms with Gasteiger partial charge in [-0.1, -0.05) is 37.8 Å². The number of hydrogen-bond acceptors (Lipinski definition) is 3. The van der Waals surface area contributed by atoms with Crippen molar-refractivity contribution in [3.63, 3.8) is 0 Å². The molecule has 1 aromatic rings. The number of ether oxygens (including phenoxy) is 1. The van der Waals surface area contributed by atoms with Crippen LogP contribution in [0.5, 0.6) is 5.75 Å². The maximum absolute atomic E-state index is 12.7. The summed E-state index contributed by atoms with van der Waals surface area (Å²) in [6, 6.07) is 8.07. The highest BCUT2D eigenvalue weighted by atomic mass is 16.5. The molecule has 0 atom stereocenters. The van der Waals surface area contributed by atoms with E-state index >= 15 is 0 Å². The van der Waals surface area contributed by atoms with E-state index < -0.39 is 5.41 Å². The first-order chi connectivity index (χ1) is 12.6. The number of amides is 2. The lowest BCUT2D eigenvalue weighted by atomic mass is 10.0. The topological polar surface area (TPSA) is 67.4 Å². The van der Waals surface area contributed by atoms with Crippen molar-refractivity contribution in [3.8, 4) is 5.75 Å². The van der Waals surface area contributed by atoms with Crippen molar-refractivity contribution in [1.82, 2.24) is 10.6 Å². The Kier molecular flexibility index (Phi) is 6.17. The van der Waals surface area contributed by atoms with Gasteiger partial charge >= 0.3 is 0 Å². The Balaban J connectivity index is 1.46. The first-order valence-electron chi connectivity index (χ1n) is 9.86. The second-order valence-corrected chi connectivity index (χ2v) is 7.60. The minimum absolute atomic E-state index is 0.0636. The van der Waals surface area contributed by atoms with E-state index in [0.717, 1.165) is 30.6 Å². The van der Waals surface area contributed by atoms with Gasteiger partial charge in [0.05, 0.1) is 7.11 Å². The zero-order valence-electron chi connectivity index (χ0n) is 15.7. The largest absolute Gasteiger partial charge is 0.497 e. The number of carbonyl (C=O) groups excluding carboxylic acids is 2. The fourth-order valence-electron chi connectivity index (χ4n) is 3.71. The molecular weight excluding hydrogens is 328 g/mol. The summed E-state index contributed by atoms with van der Waals surface area (Å²) in [5, 5.41) is 6.11. The molecule has 142 valence electrons. The second kappa shape index (κ2) is 8.56. The summed E-state index contributed by atoms with van der Waals surface area (Å²) in [6.45, 7) is 0.545. The normalized spacial score (nSPS) is 19.3. The highest BCUT2D eigenvalue weighted by molar-refractivity contribution is 6.07. The molecule has 5 nitrogen and oxygen atoms in total. The average molecular weight is 358 g/mol. The number of methoxy groups -OCH3 is 1. The minimum atomic E-state index is -0.813. The molecule has 0 bridgehead atoms. The third-order valence-electron chi connectivity index (χ3n) is 5.67. The Morgan fingerprint density at radius 3 is 2.27 bits per heavy atom. The third-order valence-corrected chi connectivity index (χ3v) is 5.67. The summed E-state index contributed by atoms with van der Waals surface area (Å²) in [6.07, 6.45) is 9.02. The van der Waals surface area contributed by atoms with E-state index in [-0.39, 0.29) is 17.9 Å². The van der Waals surface area contributed by atoms with Crippen molar-refractivity contribution in [3.05, 3.63) is 29.8 Å². The lowest BCUT2D eigenvalue weighted by molar-refractivity contribution is -0.137. The molecule has 2 aliphatic rings. The van der Waals surface area contributed by atoms with Gasteiger partial charge in [0.1, 0.15) is 11.2 Å². The molecule has 0 aliphatic heterocycles. The highest BCUT2D eigenvalue weighted by Crippen LogP contribution is 2.46. The quantitative estimate of drug-likeness (QED) is 0.582. The molecule has 2 N–H and O–H groups in total. The van der Waals surface area contributed by atoms with Gasteiger partial charge in [-0.15, -0.1) is 0 Å². The maximum atomic E-state index is 12.7. The molecule has 3 rings (SSSR count). The number of carbonyl (C=O) groups is 2. The maximum Gasteiger partial charge on any atom is 0.235 e. The Hall–Kier alpha value is -2.04. The monoisotopic (exact) mass is 358 g/mol. The van der Waals surface area contributed by atoms with Crippen molar-refractivity contribution in [2.75, 3.05) is 13.7 Å². The SMILES string of the molecule is COc1ccc(CCNC(=O)C2(C(=O)NC3CCCCCC3)CC2)cc1. The summed E-state index contributed by atoms with van der Waals surface area (Å²) in [5.41, 5.74) is 0.325. The lowest BCUT2D eigenvalue weighted by Crippen LogP contribution is -2.46. The van der Waals surface area contributed by atoms with E-state index in [2.05, 4.69) is 10.6 Å². The summed E-state index contributed by atoms with van der Waals surface area (Å²) in [7, 11) is 1.64. The van der Waals surface area contributed by atoms with E-state index in [1.54, 1.807) is 7.11 Å². The predicted molar refractivity (Wildman–Crippen MR) is 101 cm³/mol. The van der Waals surface area contributed by atoms with Crippen LogP contribution in [0.15, 0.2) is 24.3 Å². The molecule has 0 aromatic heterocycles. The van der Waals surface area contributed by atoms with Crippen LogP contribution in [0, 0.1) is 5.41 Å². The van der Waals surface area contributed by atoms with Gasteiger partial charge in [0.25, 0.3) is 0 Å². The Bertz CT molecular complexity index is 615. The molecule has 5 heteroatoms. The standard InChI is InChI=1S/C21H30N2O3/c1-26-18-10-8-16(9-11-18)12-15-22-19(24)21(13-14-21)20(25)23-17-6-4-2-3-5-7-17/h8-11,17H,2-7,12-15H2,1H3,(H,22,24)(H,23,25). The zero-order chi connectivity index (χ0) is 18.4. The van der Waals surface area contributed by atoms with Gasteiger partial charge in [0.15, 0.2) is 0 Å². The number of hydrogen-bond donors (Lipinski definition) is 2. The van der Waals surface area contributed by atoms with Gasteiger partial charge < -0.3 is 15.4 Å². The number of rotatable bonds is 7. The molecule has 2 saturated carbocycles. The molecular formula is C21H30N2O3. The smallest absolute Gasteiger partial charge is 0.235 e. The zero-order valence-corrected chi connectivity index (χ0v) is 15.7. The molecule has 26 heavy (non-hydrogen) atoms. The van der Waals surface area contributed by atoms with Crippen molar-refractivity contribution in [2.24, 2.45) is 5.41 Å². The van der Waals surface area contributed by atoms with Crippen molar-refractivity contribution in [1.29, 1.82) is 0 Å². The molecule has 0 heterocycles. The highest BCUT2D eigenvalue weighted by Gasteiger charge is 2.56.